The van der Waals surface area contributed by atoms with Crippen LogP contribution in [0.15, 0.2) is 30.3 Å². The zero-order chi connectivity index (χ0) is 17.5. The monoisotopic (exact) mass is 344 g/mol. The van der Waals surface area contributed by atoms with E-state index >= 15 is 0 Å². The average molecular weight is 344 g/mol. The minimum Gasteiger partial charge on any atom is -0.374 e. The number of carbonyl (C=O) groups is 2. The van der Waals surface area contributed by atoms with Crippen molar-refractivity contribution in [3.8, 4) is 0 Å². The summed E-state index contributed by atoms with van der Waals surface area (Å²) in [4.78, 5) is 28.1. The highest BCUT2D eigenvalue weighted by atomic mass is 16.5. The Hall–Kier alpha value is -1.88. The first-order chi connectivity index (χ1) is 12.2. The number of benzene rings is 1. The second kappa shape index (κ2) is 8.99. The lowest BCUT2D eigenvalue weighted by Gasteiger charge is -2.33. The molecule has 5 heteroatoms. The van der Waals surface area contributed by atoms with E-state index in [2.05, 4.69) is 12.1 Å². The molecule has 2 fully saturated rings. The number of hydrogen-bond acceptors (Lipinski definition) is 3. The molecule has 0 spiro atoms. The molecule has 0 N–H and O–H groups in total. The largest absolute Gasteiger partial charge is 0.374 e. The third kappa shape index (κ3) is 5.30. The molecule has 0 aromatic heterocycles. The molecule has 2 aliphatic rings. The zero-order valence-corrected chi connectivity index (χ0v) is 14.9. The first-order valence-electron chi connectivity index (χ1n) is 9.43. The number of rotatable bonds is 6. The van der Waals surface area contributed by atoms with E-state index in [9.17, 15) is 9.59 Å². The second-order valence-electron chi connectivity index (χ2n) is 6.96. The summed E-state index contributed by atoms with van der Waals surface area (Å²) in [5, 5.41) is 0. The Bertz CT molecular complexity index is 576. The minimum absolute atomic E-state index is 0.0729. The van der Waals surface area contributed by atoms with Gasteiger partial charge < -0.3 is 14.5 Å². The smallest absolute Gasteiger partial charge is 0.222 e. The summed E-state index contributed by atoms with van der Waals surface area (Å²) in [6.07, 6.45) is 4.94. The molecule has 5 nitrogen and oxygen atoms in total. The van der Waals surface area contributed by atoms with E-state index < -0.39 is 0 Å². The van der Waals surface area contributed by atoms with Crippen molar-refractivity contribution in [3.05, 3.63) is 35.9 Å². The Morgan fingerprint density at radius 3 is 2.80 bits per heavy atom. The lowest BCUT2D eigenvalue weighted by Crippen LogP contribution is -2.46. The van der Waals surface area contributed by atoms with Crippen molar-refractivity contribution in [2.75, 3.05) is 32.8 Å². The molecule has 0 aliphatic carbocycles. The third-order valence-electron chi connectivity index (χ3n) is 5.04. The van der Waals surface area contributed by atoms with Crippen LogP contribution >= 0.6 is 0 Å². The molecule has 2 saturated heterocycles. The van der Waals surface area contributed by atoms with Crippen LogP contribution in [-0.4, -0.2) is 60.5 Å². The molecule has 2 amide bonds. The molecule has 1 aromatic carbocycles. The standard InChI is InChI=1S/C20H28N2O3/c23-19-9-4-5-11-21(19)12-6-10-20(24)22-13-14-25-18(16-22)15-17-7-2-1-3-8-17/h1-3,7-8,18H,4-6,9-16H2/t18-/m0/s1. The highest BCUT2D eigenvalue weighted by Gasteiger charge is 2.24. The van der Waals surface area contributed by atoms with Gasteiger partial charge in [-0.25, -0.2) is 0 Å². The zero-order valence-electron chi connectivity index (χ0n) is 14.9. The van der Waals surface area contributed by atoms with Gasteiger partial charge in [0.25, 0.3) is 0 Å². The van der Waals surface area contributed by atoms with Crippen LogP contribution in [0.1, 0.15) is 37.7 Å². The van der Waals surface area contributed by atoms with Gasteiger partial charge in [0.1, 0.15) is 0 Å². The summed E-state index contributed by atoms with van der Waals surface area (Å²) in [6, 6.07) is 10.3. The van der Waals surface area contributed by atoms with Crippen LogP contribution in [0, 0.1) is 0 Å². The van der Waals surface area contributed by atoms with Crippen molar-refractivity contribution in [2.24, 2.45) is 0 Å². The minimum atomic E-state index is 0.0729. The Morgan fingerprint density at radius 1 is 1.16 bits per heavy atom. The molecule has 25 heavy (non-hydrogen) atoms. The van der Waals surface area contributed by atoms with E-state index in [4.69, 9.17) is 4.74 Å². The lowest BCUT2D eigenvalue weighted by molar-refractivity contribution is -0.139. The van der Waals surface area contributed by atoms with Gasteiger partial charge in [-0.2, -0.15) is 0 Å². The SMILES string of the molecule is O=C1CCCCN1CCCC(=O)N1CCO[C@@H](Cc2ccccc2)C1. The van der Waals surface area contributed by atoms with Crippen molar-refractivity contribution in [1.29, 1.82) is 0 Å². The maximum Gasteiger partial charge on any atom is 0.222 e. The molecule has 2 aliphatic heterocycles. The molecule has 0 saturated carbocycles. The summed E-state index contributed by atoms with van der Waals surface area (Å²) >= 11 is 0. The fourth-order valence-corrected chi connectivity index (χ4v) is 3.62. The second-order valence-corrected chi connectivity index (χ2v) is 6.96. The van der Waals surface area contributed by atoms with E-state index in [0.29, 0.717) is 39.1 Å². The Morgan fingerprint density at radius 2 is 2.00 bits per heavy atom. The fourth-order valence-electron chi connectivity index (χ4n) is 3.62. The number of hydrogen-bond donors (Lipinski definition) is 0. The fraction of sp³-hybridized carbons (Fsp3) is 0.600. The maximum atomic E-state index is 12.5. The molecule has 1 atom stereocenters. The Balaban J connectivity index is 1.41. The van der Waals surface area contributed by atoms with Gasteiger partial charge in [-0.1, -0.05) is 30.3 Å². The van der Waals surface area contributed by atoms with Gasteiger partial charge in [0.05, 0.1) is 12.7 Å². The molecule has 0 unspecified atom stereocenters. The van der Waals surface area contributed by atoms with Crippen molar-refractivity contribution >= 4 is 11.8 Å². The van der Waals surface area contributed by atoms with Crippen LogP contribution in [0.4, 0.5) is 0 Å². The molecule has 0 bridgehead atoms. The molecule has 136 valence electrons. The van der Waals surface area contributed by atoms with Gasteiger partial charge in [-0.15, -0.1) is 0 Å². The van der Waals surface area contributed by atoms with Crippen LogP contribution in [0.25, 0.3) is 0 Å². The van der Waals surface area contributed by atoms with E-state index in [0.717, 1.165) is 32.2 Å². The molecule has 1 aromatic rings. The van der Waals surface area contributed by atoms with E-state index in [1.165, 1.54) is 5.56 Å². The van der Waals surface area contributed by atoms with Crippen LogP contribution in [0.3, 0.4) is 0 Å². The topological polar surface area (TPSA) is 49.9 Å². The van der Waals surface area contributed by atoms with Crippen molar-refractivity contribution in [1.82, 2.24) is 9.80 Å². The molecule has 0 radical (unpaired) electrons. The summed E-state index contributed by atoms with van der Waals surface area (Å²) in [7, 11) is 0. The predicted molar refractivity (Wildman–Crippen MR) is 96.1 cm³/mol. The lowest BCUT2D eigenvalue weighted by atomic mass is 10.1. The summed E-state index contributed by atoms with van der Waals surface area (Å²) in [6.45, 7) is 3.50. The van der Waals surface area contributed by atoms with Gasteiger partial charge in [0, 0.05) is 45.4 Å². The quantitative estimate of drug-likeness (QED) is 0.795. The normalized spacial score (nSPS) is 21.4. The molecule has 2 heterocycles. The summed E-state index contributed by atoms with van der Waals surface area (Å²) < 4.78 is 5.83. The van der Waals surface area contributed by atoms with E-state index in [1.54, 1.807) is 0 Å². The number of morpholine rings is 1. The first-order valence-corrected chi connectivity index (χ1v) is 9.43. The highest BCUT2D eigenvalue weighted by molar-refractivity contribution is 5.77. The molecular formula is C20H28N2O3. The van der Waals surface area contributed by atoms with Crippen LogP contribution < -0.4 is 0 Å². The van der Waals surface area contributed by atoms with Gasteiger partial charge >= 0.3 is 0 Å². The number of nitrogens with zero attached hydrogens (tertiary/aromatic N) is 2. The third-order valence-corrected chi connectivity index (χ3v) is 5.04. The number of carbonyl (C=O) groups excluding carboxylic acids is 2. The van der Waals surface area contributed by atoms with Crippen LogP contribution in [-0.2, 0) is 20.7 Å². The van der Waals surface area contributed by atoms with E-state index in [1.807, 2.05) is 28.0 Å². The predicted octanol–water partition coefficient (Wildman–Crippen LogP) is 2.25. The van der Waals surface area contributed by atoms with Gasteiger partial charge in [0.2, 0.25) is 11.8 Å². The Kier molecular flexibility index (Phi) is 6.45. The molecule has 3 rings (SSSR count). The van der Waals surface area contributed by atoms with Gasteiger partial charge in [0.15, 0.2) is 0 Å². The summed E-state index contributed by atoms with van der Waals surface area (Å²) in [5.74, 6) is 0.429. The Labute approximate surface area is 149 Å². The number of piperidine rings is 1. The van der Waals surface area contributed by atoms with E-state index in [-0.39, 0.29) is 17.9 Å². The van der Waals surface area contributed by atoms with Crippen molar-refractivity contribution in [2.45, 2.75) is 44.6 Å². The number of amides is 2. The highest BCUT2D eigenvalue weighted by Crippen LogP contribution is 2.14. The summed E-state index contributed by atoms with van der Waals surface area (Å²) in [5.41, 5.74) is 1.24. The number of ether oxygens (including phenoxy) is 1. The number of likely N-dealkylation sites (tertiary alicyclic amines) is 1. The van der Waals surface area contributed by atoms with Crippen molar-refractivity contribution < 1.29 is 14.3 Å². The van der Waals surface area contributed by atoms with Gasteiger partial charge in [-0.05, 0) is 24.8 Å². The average Bonchev–Trinajstić information content (AvgIpc) is 2.64. The first kappa shape index (κ1) is 17.9. The van der Waals surface area contributed by atoms with Crippen LogP contribution in [0.2, 0.25) is 0 Å². The van der Waals surface area contributed by atoms with Crippen LogP contribution in [0.5, 0.6) is 0 Å². The van der Waals surface area contributed by atoms with Gasteiger partial charge in [-0.3, -0.25) is 9.59 Å². The molecular weight excluding hydrogens is 316 g/mol. The van der Waals surface area contributed by atoms with Crippen molar-refractivity contribution in [3.63, 3.8) is 0 Å². The maximum absolute atomic E-state index is 12.5.